The van der Waals surface area contributed by atoms with E-state index >= 15 is 0 Å². The van der Waals surface area contributed by atoms with Crippen LogP contribution in [0.15, 0.2) is 60.8 Å². The summed E-state index contributed by atoms with van der Waals surface area (Å²) in [5.41, 5.74) is 10.2. The lowest BCUT2D eigenvalue weighted by molar-refractivity contribution is 0.633. The molecule has 1 heterocycles. The molecule has 3 nitrogen and oxygen atoms in total. The lowest BCUT2D eigenvalue weighted by atomic mass is 10.0. The molecule has 0 radical (unpaired) electrons. The summed E-state index contributed by atoms with van der Waals surface area (Å²) < 4.78 is 0. The summed E-state index contributed by atoms with van der Waals surface area (Å²) >= 11 is 0. The van der Waals surface area contributed by atoms with Crippen LogP contribution in [-0.4, -0.2) is 9.97 Å². The molecule has 0 aliphatic heterocycles. The third-order valence-corrected chi connectivity index (χ3v) is 3.43. The van der Waals surface area contributed by atoms with Crippen LogP contribution in [0.5, 0.6) is 0 Å². The Kier molecular flexibility index (Phi) is 3.70. The fourth-order valence-corrected chi connectivity index (χ4v) is 2.26. The van der Waals surface area contributed by atoms with Gasteiger partial charge in [-0.05, 0) is 30.5 Å². The average molecular weight is 263 g/mol. The highest BCUT2D eigenvalue weighted by atomic mass is 14.8. The molecular weight excluding hydrogens is 246 g/mol. The van der Waals surface area contributed by atoms with Crippen LogP contribution in [0.1, 0.15) is 23.7 Å². The zero-order chi connectivity index (χ0) is 13.8. The molecular formula is C17H17N3. The first-order valence-corrected chi connectivity index (χ1v) is 6.84. The standard InChI is InChI=1S/C17H17N3/c18-14(11-10-13-6-2-1-3-7-13)17-12-19-15-8-4-5-9-16(15)20-17/h1-9,12,14H,10-11,18H2. The number of nitrogens with zero attached hydrogens (tertiary/aromatic N) is 2. The van der Waals surface area contributed by atoms with Gasteiger partial charge in [-0.2, -0.15) is 0 Å². The van der Waals surface area contributed by atoms with Gasteiger partial charge in [0.2, 0.25) is 0 Å². The SMILES string of the molecule is NC(CCc1ccccc1)c1cnc2ccccc2n1. The summed E-state index contributed by atoms with van der Waals surface area (Å²) in [4.78, 5) is 9.01. The van der Waals surface area contributed by atoms with Crippen LogP contribution in [0, 0.1) is 0 Å². The summed E-state index contributed by atoms with van der Waals surface area (Å²) in [5.74, 6) is 0. The van der Waals surface area contributed by atoms with Gasteiger partial charge in [-0.1, -0.05) is 42.5 Å². The summed E-state index contributed by atoms with van der Waals surface area (Å²) in [6.07, 6.45) is 3.62. The minimum atomic E-state index is -0.0766. The zero-order valence-electron chi connectivity index (χ0n) is 11.2. The number of rotatable bonds is 4. The van der Waals surface area contributed by atoms with Gasteiger partial charge >= 0.3 is 0 Å². The van der Waals surface area contributed by atoms with Crippen molar-refractivity contribution >= 4 is 11.0 Å². The van der Waals surface area contributed by atoms with E-state index in [1.165, 1.54) is 5.56 Å². The van der Waals surface area contributed by atoms with E-state index < -0.39 is 0 Å². The molecule has 20 heavy (non-hydrogen) atoms. The van der Waals surface area contributed by atoms with Gasteiger partial charge in [-0.3, -0.25) is 4.98 Å². The number of para-hydroxylation sites is 2. The second-order valence-corrected chi connectivity index (χ2v) is 4.91. The van der Waals surface area contributed by atoms with Crippen molar-refractivity contribution in [1.82, 2.24) is 9.97 Å². The molecule has 100 valence electrons. The Labute approximate surface area is 118 Å². The first-order chi connectivity index (χ1) is 9.83. The Hall–Kier alpha value is -2.26. The van der Waals surface area contributed by atoms with Gasteiger partial charge in [0.25, 0.3) is 0 Å². The van der Waals surface area contributed by atoms with Crippen LogP contribution in [0.2, 0.25) is 0 Å². The lowest BCUT2D eigenvalue weighted by Crippen LogP contribution is -2.13. The molecule has 2 N–H and O–H groups in total. The minimum Gasteiger partial charge on any atom is -0.323 e. The maximum atomic E-state index is 6.23. The Morgan fingerprint density at radius 3 is 2.40 bits per heavy atom. The fraction of sp³-hybridized carbons (Fsp3) is 0.176. The second-order valence-electron chi connectivity index (χ2n) is 4.91. The molecule has 0 aliphatic carbocycles. The fourth-order valence-electron chi connectivity index (χ4n) is 2.26. The summed E-state index contributed by atoms with van der Waals surface area (Å²) in [7, 11) is 0. The van der Waals surface area contributed by atoms with Crippen molar-refractivity contribution in [3.05, 3.63) is 72.1 Å². The van der Waals surface area contributed by atoms with Gasteiger partial charge < -0.3 is 5.73 Å². The van der Waals surface area contributed by atoms with Crippen LogP contribution in [0.25, 0.3) is 11.0 Å². The molecule has 0 fully saturated rings. The molecule has 3 aromatic rings. The number of aryl methyl sites for hydroxylation is 1. The highest BCUT2D eigenvalue weighted by Crippen LogP contribution is 2.17. The lowest BCUT2D eigenvalue weighted by Gasteiger charge is -2.11. The van der Waals surface area contributed by atoms with E-state index in [1.54, 1.807) is 6.20 Å². The van der Waals surface area contributed by atoms with Crippen LogP contribution in [0.3, 0.4) is 0 Å². The van der Waals surface area contributed by atoms with E-state index in [9.17, 15) is 0 Å². The van der Waals surface area contributed by atoms with Gasteiger partial charge in [0.05, 0.1) is 22.9 Å². The van der Waals surface area contributed by atoms with Gasteiger partial charge in [-0.25, -0.2) is 4.98 Å². The minimum absolute atomic E-state index is 0.0766. The number of hydrogen-bond acceptors (Lipinski definition) is 3. The normalized spacial score (nSPS) is 12.4. The monoisotopic (exact) mass is 263 g/mol. The molecule has 0 bridgehead atoms. The van der Waals surface area contributed by atoms with Gasteiger partial charge in [0, 0.05) is 6.04 Å². The number of fused-ring (bicyclic) bond motifs is 1. The number of aromatic nitrogens is 2. The van der Waals surface area contributed by atoms with E-state index in [2.05, 4.69) is 34.2 Å². The third kappa shape index (κ3) is 2.83. The molecule has 3 heteroatoms. The molecule has 0 amide bonds. The summed E-state index contributed by atoms with van der Waals surface area (Å²) in [6, 6.07) is 18.2. The van der Waals surface area contributed by atoms with E-state index in [1.807, 2.05) is 30.3 Å². The van der Waals surface area contributed by atoms with E-state index in [4.69, 9.17) is 5.73 Å². The van der Waals surface area contributed by atoms with Crippen molar-refractivity contribution < 1.29 is 0 Å². The molecule has 2 aromatic carbocycles. The average Bonchev–Trinajstić information content (AvgIpc) is 2.53. The largest absolute Gasteiger partial charge is 0.323 e. The molecule has 1 atom stereocenters. The third-order valence-electron chi connectivity index (χ3n) is 3.43. The Morgan fingerprint density at radius 2 is 1.60 bits per heavy atom. The second kappa shape index (κ2) is 5.80. The molecule has 0 spiro atoms. The molecule has 0 aliphatic rings. The van der Waals surface area contributed by atoms with E-state index in [0.29, 0.717) is 0 Å². The Balaban J connectivity index is 1.73. The molecule has 3 rings (SSSR count). The van der Waals surface area contributed by atoms with Crippen molar-refractivity contribution in [2.75, 3.05) is 0 Å². The van der Waals surface area contributed by atoms with Gasteiger partial charge in [-0.15, -0.1) is 0 Å². The quantitative estimate of drug-likeness (QED) is 0.786. The maximum absolute atomic E-state index is 6.23. The van der Waals surface area contributed by atoms with Crippen LogP contribution < -0.4 is 5.73 Å². The Morgan fingerprint density at radius 1 is 0.900 bits per heavy atom. The molecule has 1 aromatic heterocycles. The zero-order valence-corrected chi connectivity index (χ0v) is 11.2. The van der Waals surface area contributed by atoms with Crippen LogP contribution >= 0.6 is 0 Å². The molecule has 0 saturated heterocycles. The molecule has 1 unspecified atom stereocenters. The van der Waals surface area contributed by atoms with Crippen molar-refractivity contribution in [2.45, 2.75) is 18.9 Å². The predicted molar refractivity (Wildman–Crippen MR) is 81.2 cm³/mol. The molecule has 0 saturated carbocycles. The number of nitrogens with two attached hydrogens (primary N) is 1. The van der Waals surface area contributed by atoms with Crippen LogP contribution in [-0.2, 0) is 6.42 Å². The predicted octanol–water partition coefficient (Wildman–Crippen LogP) is 3.26. The topological polar surface area (TPSA) is 51.8 Å². The highest BCUT2D eigenvalue weighted by Gasteiger charge is 2.09. The first-order valence-electron chi connectivity index (χ1n) is 6.84. The van der Waals surface area contributed by atoms with Gasteiger partial charge in [0.1, 0.15) is 0 Å². The Bertz CT molecular complexity index is 695. The van der Waals surface area contributed by atoms with Crippen molar-refractivity contribution in [2.24, 2.45) is 5.73 Å². The van der Waals surface area contributed by atoms with Crippen molar-refractivity contribution in [3.63, 3.8) is 0 Å². The number of benzene rings is 2. The van der Waals surface area contributed by atoms with Crippen molar-refractivity contribution in [3.8, 4) is 0 Å². The van der Waals surface area contributed by atoms with Crippen LogP contribution in [0.4, 0.5) is 0 Å². The smallest absolute Gasteiger partial charge is 0.0890 e. The first kappa shape index (κ1) is 12.8. The van der Waals surface area contributed by atoms with Gasteiger partial charge in [0.15, 0.2) is 0 Å². The summed E-state index contributed by atoms with van der Waals surface area (Å²) in [5, 5.41) is 0. The van der Waals surface area contributed by atoms with E-state index in [0.717, 1.165) is 29.6 Å². The summed E-state index contributed by atoms with van der Waals surface area (Å²) in [6.45, 7) is 0. The number of hydrogen-bond donors (Lipinski definition) is 1. The maximum Gasteiger partial charge on any atom is 0.0890 e. The highest BCUT2D eigenvalue weighted by molar-refractivity contribution is 5.73. The van der Waals surface area contributed by atoms with E-state index in [-0.39, 0.29) is 6.04 Å². The van der Waals surface area contributed by atoms with Crippen molar-refractivity contribution in [1.29, 1.82) is 0 Å².